The lowest BCUT2D eigenvalue weighted by molar-refractivity contribution is 0.0221. The summed E-state index contributed by atoms with van der Waals surface area (Å²) >= 11 is 0. The number of rotatable bonds is 1. The molecule has 1 heterocycles. The number of carbonyl (C=O) groups excluding carboxylic acids is 2. The minimum atomic E-state index is -0.557. The summed E-state index contributed by atoms with van der Waals surface area (Å²) in [5, 5.41) is 0. The van der Waals surface area contributed by atoms with Crippen molar-refractivity contribution in [3.63, 3.8) is 0 Å². The summed E-state index contributed by atoms with van der Waals surface area (Å²) in [5.74, 6) is -0.428. The molecule has 1 aromatic carbocycles. The van der Waals surface area contributed by atoms with Gasteiger partial charge in [0.25, 0.3) is 0 Å². The lowest BCUT2D eigenvalue weighted by Crippen LogP contribution is -2.40. The van der Waals surface area contributed by atoms with Crippen molar-refractivity contribution in [2.75, 3.05) is 19.4 Å². The number of nitrogen functional groups attached to an aromatic ring is 1. The van der Waals surface area contributed by atoms with E-state index in [1.165, 1.54) is 7.11 Å². The van der Waals surface area contributed by atoms with Gasteiger partial charge in [-0.05, 0) is 50.5 Å². The average molecular weight is 306 g/mol. The highest BCUT2D eigenvalue weighted by Gasteiger charge is 2.29. The van der Waals surface area contributed by atoms with E-state index in [9.17, 15) is 9.59 Å². The summed E-state index contributed by atoms with van der Waals surface area (Å²) in [6.07, 6.45) is 0.196. The zero-order chi connectivity index (χ0) is 16.5. The Hall–Kier alpha value is -2.24. The van der Waals surface area contributed by atoms with Crippen molar-refractivity contribution < 1.29 is 19.1 Å². The van der Waals surface area contributed by atoms with Crippen molar-refractivity contribution in [1.82, 2.24) is 4.90 Å². The molecule has 0 saturated heterocycles. The summed E-state index contributed by atoms with van der Waals surface area (Å²) < 4.78 is 10.2. The second-order valence-corrected chi connectivity index (χ2v) is 6.30. The Labute approximate surface area is 130 Å². The molecule has 0 radical (unpaired) electrons. The normalized spacial score (nSPS) is 14.3. The first-order valence-corrected chi connectivity index (χ1v) is 7.19. The van der Waals surface area contributed by atoms with Crippen molar-refractivity contribution in [2.24, 2.45) is 0 Å². The molecular formula is C16H22N2O4. The fraction of sp³-hybridized carbons (Fsp3) is 0.500. The topological polar surface area (TPSA) is 81.9 Å². The molecule has 22 heavy (non-hydrogen) atoms. The van der Waals surface area contributed by atoms with Gasteiger partial charge < -0.3 is 20.1 Å². The summed E-state index contributed by atoms with van der Waals surface area (Å²) in [6, 6.07) is 3.34. The highest BCUT2D eigenvalue weighted by atomic mass is 16.6. The van der Waals surface area contributed by atoms with Gasteiger partial charge in [-0.2, -0.15) is 0 Å². The molecule has 0 spiro atoms. The summed E-state index contributed by atoms with van der Waals surface area (Å²) in [5.41, 5.74) is 8.15. The van der Waals surface area contributed by atoms with E-state index in [4.69, 9.17) is 15.2 Å². The quantitative estimate of drug-likeness (QED) is 0.636. The van der Waals surface area contributed by atoms with Crippen molar-refractivity contribution >= 4 is 17.7 Å². The summed E-state index contributed by atoms with van der Waals surface area (Å²) in [6.45, 7) is 6.26. The number of hydrogen-bond donors (Lipinski definition) is 1. The molecule has 1 aliphatic rings. The van der Waals surface area contributed by atoms with Crippen LogP contribution in [0.4, 0.5) is 10.5 Å². The number of ether oxygens (including phenoxy) is 2. The molecule has 6 nitrogen and oxygen atoms in total. The van der Waals surface area contributed by atoms with E-state index in [0.29, 0.717) is 30.8 Å². The molecule has 1 amide bonds. The van der Waals surface area contributed by atoms with Crippen molar-refractivity contribution in [1.29, 1.82) is 0 Å². The number of fused-ring (bicyclic) bond motifs is 1. The first-order chi connectivity index (χ1) is 10.2. The van der Waals surface area contributed by atoms with Gasteiger partial charge in [-0.25, -0.2) is 9.59 Å². The molecule has 0 unspecified atom stereocenters. The Bertz CT molecular complexity index is 605. The third-order valence-corrected chi connectivity index (χ3v) is 3.51. The third kappa shape index (κ3) is 3.32. The van der Waals surface area contributed by atoms with Crippen LogP contribution >= 0.6 is 0 Å². The number of esters is 1. The van der Waals surface area contributed by atoms with Gasteiger partial charge in [0.2, 0.25) is 0 Å². The molecule has 6 heteroatoms. The SMILES string of the molecule is COC(=O)c1ccc(N)c2c1CN(C(=O)OC(C)(C)C)CC2. The van der Waals surface area contributed by atoms with E-state index in [2.05, 4.69) is 0 Å². The monoisotopic (exact) mass is 306 g/mol. The predicted octanol–water partition coefficient (Wildman–Crippen LogP) is 2.35. The number of amides is 1. The second-order valence-electron chi connectivity index (χ2n) is 6.30. The van der Waals surface area contributed by atoms with E-state index >= 15 is 0 Å². The van der Waals surface area contributed by atoms with Crippen LogP contribution in [0.5, 0.6) is 0 Å². The average Bonchev–Trinajstić information content (AvgIpc) is 2.44. The lowest BCUT2D eigenvalue weighted by Gasteiger charge is -2.32. The fourth-order valence-corrected chi connectivity index (χ4v) is 2.49. The Morgan fingerprint density at radius 1 is 1.23 bits per heavy atom. The summed E-state index contributed by atoms with van der Waals surface area (Å²) in [7, 11) is 1.33. The lowest BCUT2D eigenvalue weighted by atomic mass is 9.93. The largest absolute Gasteiger partial charge is 0.465 e. The van der Waals surface area contributed by atoms with Crippen LogP contribution in [0.15, 0.2) is 12.1 Å². The van der Waals surface area contributed by atoms with Gasteiger partial charge in [0.05, 0.1) is 19.2 Å². The van der Waals surface area contributed by atoms with Gasteiger partial charge in [-0.3, -0.25) is 0 Å². The van der Waals surface area contributed by atoms with Crippen LogP contribution in [0.1, 0.15) is 42.3 Å². The molecule has 1 aromatic rings. The molecule has 120 valence electrons. The molecule has 0 saturated carbocycles. The Morgan fingerprint density at radius 3 is 2.50 bits per heavy atom. The molecule has 0 bridgehead atoms. The van der Waals surface area contributed by atoms with Crippen LogP contribution in [0.2, 0.25) is 0 Å². The Morgan fingerprint density at radius 2 is 1.91 bits per heavy atom. The van der Waals surface area contributed by atoms with E-state index < -0.39 is 17.7 Å². The first kappa shape index (κ1) is 16.1. The number of anilines is 1. The van der Waals surface area contributed by atoms with Crippen LogP contribution in [0.25, 0.3) is 0 Å². The highest BCUT2D eigenvalue weighted by molar-refractivity contribution is 5.92. The molecule has 0 aliphatic carbocycles. The Kier molecular flexibility index (Phi) is 4.30. The van der Waals surface area contributed by atoms with Gasteiger partial charge in [-0.15, -0.1) is 0 Å². The Balaban J connectivity index is 2.30. The number of benzene rings is 1. The molecule has 1 aliphatic heterocycles. The molecule has 0 fully saturated rings. The second kappa shape index (κ2) is 5.87. The van der Waals surface area contributed by atoms with E-state index in [1.54, 1.807) is 17.0 Å². The predicted molar refractivity (Wildman–Crippen MR) is 82.5 cm³/mol. The first-order valence-electron chi connectivity index (χ1n) is 7.19. The summed E-state index contributed by atoms with van der Waals surface area (Å²) in [4.78, 5) is 25.7. The molecule has 2 N–H and O–H groups in total. The van der Waals surface area contributed by atoms with E-state index in [1.807, 2.05) is 20.8 Å². The number of hydrogen-bond acceptors (Lipinski definition) is 5. The minimum absolute atomic E-state index is 0.291. The van der Waals surface area contributed by atoms with Crippen LogP contribution in [-0.2, 0) is 22.4 Å². The zero-order valence-electron chi connectivity index (χ0n) is 13.4. The molecule has 0 atom stereocenters. The molecule has 0 aromatic heterocycles. The van der Waals surface area contributed by atoms with Crippen molar-refractivity contribution in [3.05, 3.63) is 28.8 Å². The third-order valence-electron chi connectivity index (χ3n) is 3.51. The number of carbonyl (C=O) groups is 2. The zero-order valence-corrected chi connectivity index (χ0v) is 13.4. The van der Waals surface area contributed by atoms with Gasteiger partial charge in [-0.1, -0.05) is 0 Å². The van der Waals surface area contributed by atoms with Crippen LogP contribution < -0.4 is 5.73 Å². The fourth-order valence-electron chi connectivity index (χ4n) is 2.49. The van der Waals surface area contributed by atoms with Gasteiger partial charge in [0, 0.05) is 12.2 Å². The maximum atomic E-state index is 12.2. The van der Waals surface area contributed by atoms with Crippen molar-refractivity contribution in [2.45, 2.75) is 39.3 Å². The molecular weight excluding hydrogens is 284 g/mol. The van der Waals surface area contributed by atoms with Crippen LogP contribution in [0.3, 0.4) is 0 Å². The standard InChI is InChI=1S/C16H22N2O4/c1-16(2,3)22-15(20)18-8-7-10-12(9-18)11(14(19)21-4)5-6-13(10)17/h5-6H,7-9,17H2,1-4H3. The van der Waals surface area contributed by atoms with Crippen LogP contribution in [0, 0.1) is 0 Å². The van der Waals surface area contributed by atoms with Gasteiger partial charge in [0.1, 0.15) is 5.60 Å². The maximum absolute atomic E-state index is 12.2. The maximum Gasteiger partial charge on any atom is 0.410 e. The minimum Gasteiger partial charge on any atom is -0.465 e. The van der Waals surface area contributed by atoms with E-state index in [-0.39, 0.29) is 0 Å². The number of nitrogens with zero attached hydrogens (tertiary/aromatic N) is 1. The van der Waals surface area contributed by atoms with E-state index in [0.717, 1.165) is 11.1 Å². The van der Waals surface area contributed by atoms with Gasteiger partial charge >= 0.3 is 12.1 Å². The van der Waals surface area contributed by atoms with Gasteiger partial charge in [0.15, 0.2) is 0 Å². The van der Waals surface area contributed by atoms with Crippen LogP contribution in [-0.4, -0.2) is 36.2 Å². The van der Waals surface area contributed by atoms with Crippen molar-refractivity contribution in [3.8, 4) is 0 Å². The number of methoxy groups -OCH3 is 1. The number of nitrogens with two attached hydrogens (primary N) is 1. The smallest absolute Gasteiger partial charge is 0.410 e. The highest BCUT2D eigenvalue weighted by Crippen LogP contribution is 2.29. The molecule has 2 rings (SSSR count).